The van der Waals surface area contributed by atoms with E-state index in [-0.39, 0.29) is 54.5 Å². The molecule has 0 saturated heterocycles. The number of hydrogen-bond donors (Lipinski definition) is 1. The summed E-state index contributed by atoms with van der Waals surface area (Å²) in [5, 5.41) is 8.86. The second kappa shape index (κ2) is 31.8. The fourth-order valence-electron chi connectivity index (χ4n) is 9.24. The summed E-state index contributed by atoms with van der Waals surface area (Å²) in [4.78, 5) is 83.4. The molecule has 0 aromatic heterocycles. The Labute approximate surface area is 517 Å². The molecule has 0 aliphatic heterocycles. The molecule has 0 saturated carbocycles. The molecule has 90 heavy (non-hydrogen) atoms. The number of nitrogens with zero attached hydrogens (tertiary/aromatic N) is 8. The Morgan fingerprint density at radius 3 is 0.778 bits per heavy atom. The van der Waals surface area contributed by atoms with Crippen LogP contribution in [0.4, 0.5) is 0 Å². The van der Waals surface area contributed by atoms with Crippen molar-refractivity contribution in [3.05, 3.63) is 321 Å². The van der Waals surface area contributed by atoms with E-state index in [1.165, 1.54) is 21.1 Å². The molecule has 0 amide bonds. The van der Waals surface area contributed by atoms with Crippen molar-refractivity contribution in [1.29, 1.82) is 5.53 Å². The predicted molar refractivity (Wildman–Crippen MR) is 339 cm³/mol. The van der Waals surface area contributed by atoms with Gasteiger partial charge in [-0.2, -0.15) is 0 Å². The first-order chi connectivity index (χ1) is 43.7. The molecule has 1 N–H and O–H groups in total. The van der Waals surface area contributed by atoms with Gasteiger partial charge in [-0.1, -0.05) is 137 Å². The minimum atomic E-state index is -0.133. The summed E-state index contributed by atoms with van der Waals surface area (Å²) in [5.74, 6) is 8.91. The largest absolute Gasteiger partial charge is 0.489 e. The first kappa shape index (κ1) is 64.6. The maximum Gasteiger partial charge on any atom is 0.213 e. The first-order valence-corrected chi connectivity index (χ1v) is 27.1. The van der Waals surface area contributed by atoms with E-state index in [2.05, 4.69) is 47.8 Å². The molecule has 0 radical (unpaired) electrons. The molecule has 9 aromatic rings. The van der Waals surface area contributed by atoms with E-state index >= 15 is 0 Å². The van der Waals surface area contributed by atoms with Gasteiger partial charge in [0.2, 0.25) is 4.91 Å². The second-order valence-electron chi connectivity index (χ2n) is 19.0. The summed E-state index contributed by atoms with van der Waals surface area (Å²) in [7, 11) is 4.23. The molecule has 0 fully saturated rings. The van der Waals surface area contributed by atoms with E-state index in [1.54, 1.807) is 127 Å². The first-order valence-electron chi connectivity index (χ1n) is 27.1. The number of hydrogen-bond acceptors (Lipinski definition) is 13. The van der Waals surface area contributed by atoms with E-state index in [0.29, 0.717) is 84.0 Å². The monoisotopic (exact) mass is 1190 g/mol. The Balaban J connectivity index is 0.000000176. The van der Waals surface area contributed by atoms with Crippen LogP contribution in [0.1, 0.15) is 129 Å². The number of carbonyl (C=O) groups is 6. The third kappa shape index (κ3) is 15.8. The summed E-state index contributed by atoms with van der Waals surface area (Å²) in [6.07, 6.45) is 16.2. The molecule has 0 atom stereocenters. The van der Waals surface area contributed by atoms with Gasteiger partial charge in [-0.3, -0.25) is 28.8 Å². The lowest BCUT2D eigenvalue weighted by molar-refractivity contribution is 0.0979. The van der Waals surface area contributed by atoms with Crippen LogP contribution < -0.4 is 19.1 Å². The van der Waals surface area contributed by atoms with Crippen molar-refractivity contribution in [3.63, 3.8) is 0 Å². The molecule has 9 aromatic carbocycles. The lowest BCUT2D eigenvalue weighted by Crippen LogP contribution is -2.21. The van der Waals surface area contributed by atoms with Crippen LogP contribution in [0.5, 0.6) is 17.2 Å². The topological polar surface area (TPSA) is 278 Å². The maximum atomic E-state index is 12.7. The fraction of sp³-hybridized carbons (Fsp3) is 0.0833. The SMILES string of the molecule is C#Cc1cccc(OCc2ccc3c(c2)C(=O)c2ccccc2C3=O)c1.C#Cc1cccc(OCc2ccc3c(c2)C(=O)c2ccccc2C3=O)c1.C#Cc1cccc(OCc2ccc3c(c2)C(=O)c2ccccc2C3=O)c1.CN=[N+]=N.CN=[N+]=[N-].CN=[N+]=[N-]. The van der Waals surface area contributed by atoms with Gasteiger partial charge in [0.25, 0.3) is 0 Å². The van der Waals surface area contributed by atoms with Crippen LogP contribution in [-0.4, -0.2) is 55.8 Å². The number of benzene rings is 9. The number of nitrogens with one attached hydrogen (secondary N) is 1. The molecule has 0 bridgehead atoms. The van der Waals surface area contributed by atoms with Crippen molar-refractivity contribution in [2.24, 2.45) is 15.3 Å². The maximum absolute atomic E-state index is 12.7. The van der Waals surface area contributed by atoms with Gasteiger partial charge in [0.15, 0.2) is 34.7 Å². The Hall–Kier alpha value is -13.0. The van der Waals surface area contributed by atoms with Gasteiger partial charge in [0.1, 0.15) is 54.8 Å². The summed E-state index contributed by atoms with van der Waals surface area (Å²) in [6.45, 7) is 0.846. The Morgan fingerprint density at radius 1 is 0.344 bits per heavy atom. The predicted octanol–water partition coefficient (Wildman–Crippen LogP) is 14.1. The van der Waals surface area contributed by atoms with Gasteiger partial charge < -0.3 is 14.2 Å². The number of terminal acetylenes is 3. The zero-order valence-corrected chi connectivity index (χ0v) is 48.7. The van der Waals surface area contributed by atoms with E-state index in [1.807, 2.05) is 72.8 Å². The number of ether oxygens (including phenoxy) is 3. The zero-order valence-electron chi connectivity index (χ0n) is 48.7. The van der Waals surface area contributed by atoms with Crippen molar-refractivity contribution >= 4 is 34.7 Å². The fourth-order valence-corrected chi connectivity index (χ4v) is 9.24. The minimum Gasteiger partial charge on any atom is -0.489 e. The van der Waals surface area contributed by atoms with Gasteiger partial charge in [-0.15, -0.1) is 19.3 Å². The molecule has 438 valence electrons. The quantitative estimate of drug-likeness (QED) is 0.0621. The molecular formula is C72H52N9O9+. The Morgan fingerprint density at radius 2 is 0.567 bits per heavy atom. The molecule has 18 heteroatoms. The summed E-state index contributed by atoms with van der Waals surface area (Å²) in [6, 6.07) is 58.2. The van der Waals surface area contributed by atoms with E-state index in [4.69, 9.17) is 50.1 Å². The summed E-state index contributed by atoms with van der Waals surface area (Å²) >= 11 is 0. The van der Waals surface area contributed by atoms with Crippen molar-refractivity contribution in [2.75, 3.05) is 21.1 Å². The normalized spacial score (nSPS) is 11.1. The number of fused-ring (bicyclic) bond motifs is 6. The number of azide groups is 2. The van der Waals surface area contributed by atoms with E-state index < -0.39 is 0 Å². The van der Waals surface area contributed by atoms with Crippen molar-refractivity contribution in [3.8, 4) is 54.3 Å². The van der Waals surface area contributed by atoms with Gasteiger partial charge >= 0.3 is 0 Å². The lowest BCUT2D eigenvalue weighted by Gasteiger charge is -2.18. The highest BCUT2D eigenvalue weighted by molar-refractivity contribution is 6.30. The van der Waals surface area contributed by atoms with Crippen LogP contribution in [0, 0.1) is 42.6 Å². The molecule has 3 aliphatic carbocycles. The van der Waals surface area contributed by atoms with Crippen molar-refractivity contribution in [2.45, 2.75) is 19.8 Å². The Kier molecular flexibility index (Phi) is 22.8. The Bertz CT molecular complexity index is 4110. The molecule has 18 nitrogen and oxygen atoms in total. The molecule has 0 heterocycles. The smallest absolute Gasteiger partial charge is 0.213 e. The summed E-state index contributed by atoms with van der Waals surface area (Å²) in [5.41, 5.74) is 30.5. The van der Waals surface area contributed by atoms with E-state index in [0.717, 1.165) is 33.4 Å². The highest BCUT2D eigenvalue weighted by Crippen LogP contribution is 2.32. The van der Waals surface area contributed by atoms with Crippen LogP contribution in [-0.2, 0) is 19.8 Å². The molecule has 0 spiro atoms. The number of rotatable bonds is 9. The third-order valence-corrected chi connectivity index (χ3v) is 13.5. The minimum absolute atomic E-state index is 0.121. The van der Waals surface area contributed by atoms with Gasteiger partial charge in [0.05, 0.1) is 0 Å². The standard InChI is InChI=1S/3C23H14O3.CH4N3.2CH3N3/c3*1-2-15-6-5-7-17(12-15)26-14-16-10-11-20-21(13-16)23(25)19-9-4-3-8-18(19)22(20)24;3*1-3-4-2/h3*1,3-13H,14H2;2H,1H3;2*1H3/q;;;+1;;. The van der Waals surface area contributed by atoms with Crippen LogP contribution in [0.25, 0.3) is 20.9 Å². The van der Waals surface area contributed by atoms with Crippen LogP contribution >= 0.6 is 0 Å². The second-order valence-corrected chi connectivity index (χ2v) is 19.0. The number of carbonyl (C=O) groups excluding carboxylic acids is 6. The third-order valence-electron chi connectivity index (χ3n) is 13.5. The van der Waals surface area contributed by atoms with Gasteiger partial charge in [-0.05, 0) is 119 Å². The van der Waals surface area contributed by atoms with E-state index in [9.17, 15) is 28.8 Å². The highest BCUT2D eigenvalue weighted by atomic mass is 16.5. The highest BCUT2D eigenvalue weighted by Gasteiger charge is 2.32. The van der Waals surface area contributed by atoms with Crippen molar-refractivity contribution in [1.82, 2.24) is 4.91 Å². The van der Waals surface area contributed by atoms with Crippen molar-refractivity contribution < 1.29 is 43.0 Å². The number of ketones is 6. The molecule has 0 unspecified atom stereocenters. The lowest BCUT2D eigenvalue weighted by atomic mass is 9.83. The van der Waals surface area contributed by atoms with Gasteiger partial charge in [0, 0.05) is 107 Å². The molecule has 12 rings (SSSR count). The average molecular weight is 1190 g/mol. The molecular weight excluding hydrogens is 1130 g/mol. The molecule has 3 aliphatic rings. The van der Waals surface area contributed by atoms with Crippen LogP contribution in [0.15, 0.2) is 216 Å². The van der Waals surface area contributed by atoms with Gasteiger partial charge in [-0.25, -0.2) is 0 Å². The average Bonchev–Trinajstić information content (AvgIpc) is 0.807. The zero-order chi connectivity index (χ0) is 64.5. The van der Waals surface area contributed by atoms with Crippen LogP contribution in [0.2, 0.25) is 0 Å². The van der Waals surface area contributed by atoms with Crippen LogP contribution in [0.3, 0.4) is 0 Å². The summed E-state index contributed by atoms with van der Waals surface area (Å²) < 4.78 is 17.3.